The molecule has 1 aromatic carbocycles. The van der Waals surface area contributed by atoms with Crippen LogP contribution >= 0.6 is 0 Å². The average Bonchev–Trinajstić information content (AvgIpc) is 2.64. The maximum Gasteiger partial charge on any atom is 0.255 e. The number of para-hydroxylation sites is 1. The van der Waals surface area contributed by atoms with E-state index in [9.17, 15) is 4.79 Å². The van der Waals surface area contributed by atoms with Crippen molar-refractivity contribution in [3.63, 3.8) is 0 Å². The van der Waals surface area contributed by atoms with Crippen LogP contribution in [0.3, 0.4) is 0 Å². The summed E-state index contributed by atoms with van der Waals surface area (Å²) in [5.41, 5.74) is 1.78. The Kier molecular flexibility index (Phi) is 5.60. The molecule has 1 amide bonds. The summed E-state index contributed by atoms with van der Waals surface area (Å²) < 4.78 is 5.72. The van der Waals surface area contributed by atoms with Gasteiger partial charge in [-0.15, -0.1) is 0 Å². The Morgan fingerprint density at radius 2 is 2.08 bits per heavy atom. The topological polar surface area (TPSA) is 58.6 Å². The summed E-state index contributed by atoms with van der Waals surface area (Å²) in [5.74, 6) is 0.968. The first-order valence-electron chi connectivity index (χ1n) is 8.69. The Balaban J connectivity index is 1.63. The number of carbonyl (C=O) groups excluding carboxylic acids is 1. The van der Waals surface area contributed by atoms with Gasteiger partial charge in [0.05, 0.1) is 24.6 Å². The SMILES string of the molecule is CCOc1ccccc1CN1CCN(C(=O)c2ccnnc2)[C@H](C)C1. The zero-order valence-electron chi connectivity index (χ0n) is 14.8. The van der Waals surface area contributed by atoms with Crippen LogP contribution in [0.1, 0.15) is 29.8 Å². The molecular formula is C19H24N4O2. The molecule has 2 heterocycles. The molecule has 0 aliphatic carbocycles. The molecule has 2 aromatic rings. The van der Waals surface area contributed by atoms with Crippen molar-refractivity contribution in [2.24, 2.45) is 0 Å². The number of amides is 1. The summed E-state index contributed by atoms with van der Waals surface area (Å²) in [5, 5.41) is 7.54. The molecular weight excluding hydrogens is 316 g/mol. The molecule has 0 saturated carbocycles. The van der Waals surface area contributed by atoms with Gasteiger partial charge in [-0.2, -0.15) is 10.2 Å². The lowest BCUT2D eigenvalue weighted by Crippen LogP contribution is -2.53. The molecule has 6 nitrogen and oxygen atoms in total. The fourth-order valence-corrected chi connectivity index (χ4v) is 3.23. The van der Waals surface area contributed by atoms with Crippen molar-refractivity contribution in [3.05, 3.63) is 53.9 Å². The smallest absolute Gasteiger partial charge is 0.255 e. The quantitative estimate of drug-likeness (QED) is 0.835. The normalized spacial score (nSPS) is 18.2. The van der Waals surface area contributed by atoms with Gasteiger partial charge < -0.3 is 9.64 Å². The molecule has 1 aromatic heterocycles. The van der Waals surface area contributed by atoms with Gasteiger partial charge in [-0.05, 0) is 26.0 Å². The van der Waals surface area contributed by atoms with E-state index in [0.29, 0.717) is 18.7 Å². The van der Waals surface area contributed by atoms with Crippen molar-refractivity contribution in [1.29, 1.82) is 0 Å². The van der Waals surface area contributed by atoms with Crippen molar-refractivity contribution in [3.8, 4) is 5.75 Å². The maximum absolute atomic E-state index is 12.6. The van der Waals surface area contributed by atoms with E-state index in [2.05, 4.69) is 28.1 Å². The number of aromatic nitrogens is 2. The molecule has 1 saturated heterocycles. The lowest BCUT2D eigenvalue weighted by atomic mass is 10.1. The summed E-state index contributed by atoms with van der Waals surface area (Å²) in [6.07, 6.45) is 3.08. The van der Waals surface area contributed by atoms with Gasteiger partial charge in [0.15, 0.2) is 0 Å². The molecule has 1 fully saturated rings. The van der Waals surface area contributed by atoms with Crippen LogP contribution < -0.4 is 4.74 Å². The van der Waals surface area contributed by atoms with Gasteiger partial charge >= 0.3 is 0 Å². The van der Waals surface area contributed by atoms with Crippen molar-refractivity contribution >= 4 is 5.91 Å². The van der Waals surface area contributed by atoms with Gasteiger partial charge in [0.2, 0.25) is 0 Å². The van der Waals surface area contributed by atoms with Crippen molar-refractivity contribution in [1.82, 2.24) is 20.0 Å². The van der Waals surface area contributed by atoms with Crippen LogP contribution in [0.5, 0.6) is 5.75 Å². The van der Waals surface area contributed by atoms with E-state index in [1.165, 1.54) is 11.8 Å². The van der Waals surface area contributed by atoms with E-state index in [-0.39, 0.29) is 11.9 Å². The highest BCUT2D eigenvalue weighted by Crippen LogP contribution is 2.22. The first-order chi connectivity index (χ1) is 12.2. The van der Waals surface area contributed by atoms with Crippen LogP contribution in [-0.2, 0) is 6.54 Å². The van der Waals surface area contributed by atoms with Gasteiger partial charge in [0, 0.05) is 37.8 Å². The third kappa shape index (κ3) is 4.14. The van der Waals surface area contributed by atoms with E-state index < -0.39 is 0 Å². The number of hydrogen-bond donors (Lipinski definition) is 0. The number of nitrogens with zero attached hydrogens (tertiary/aromatic N) is 4. The van der Waals surface area contributed by atoms with Gasteiger partial charge in [0.25, 0.3) is 5.91 Å². The van der Waals surface area contributed by atoms with Gasteiger partial charge in [-0.1, -0.05) is 18.2 Å². The monoisotopic (exact) mass is 340 g/mol. The van der Waals surface area contributed by atoms with Gasteiger partial charge in [0.1, 0.15) is 5.75 Å². The Bertz CT molecular complexity index is 708. The van der Waals surface area contributed by atoms with Crippen LogP contribution in [0.15, 0.2) is 42.7 Å². The van der Waals surface area contributed by atoms with E-state index in [4.69, 9.17) is 4.74 Å². The molecule has 0 spiro atoms. The molecule has 0 unspecified atom stereocenters. The van der Waals surface area contributed by atoms with Crippen molar-refractivity contribution < 1.29 is 9.53 Å². The number of piperazine rings is 1. The average molecular weight is 340 g/mol. The number of benzene rings is 1. The van der Waals surface area contributed by atoms with Crippen LogP contribution in [0.2, 0.25) is 0 Å². The molecule has 132 valence electrons. The van der Waals surface area contributed by atoms with E-state index in [0.717, 1.165) is 25.4 Å². The fraction of sp³-hybridized carbons (Fsp3) is 0.421. The van der Waals surface area contributed by atoms with Crippen LogP contribution in [-0.4, -0.2) is 58.2 Å². The molecule has 0 bridgehead atoms. The summed E-state index contributed by atoms with van der Waals surface area (Å²) >= 11 is 0. The second kappa shape index (κ2) is 8.07. The number of hydrogen-bond acceptors (Lipinski definition) is 5. The lowest BCUT2D eigenvalue weighted by Gasteiger charge is -2.40. The van der Waals surface area contributed by atoms with Crippen molar-refractivity contribution in [2.45, 2.75) is 26.4 Å². The maximum atomic E-state index is 12.6. The minimum atomic E-state index is 0.0248. The molecule has 1 atom stereocenters. The first kappa shape index (κ1) is 17.4. The number of carbonyl (C=O) groups is 1. The summed E-state index contributed by atoms with van der Waals surface area (Å²) in [7, 11) is 0. The highest BCUT2D eigenvalue weighted by molar-refractivity contribution is 5.94. The third-order valence-electron chi connectivity index (χ3n) is 4.47. The minimum absolute atomic E-state index is 0.0248. The zero-order chi connectivity index (χ0) is 17.6. The number of ether oxygens (including phenoxy) is 1. The summed E-state index contributed by atoms with van der Waals surface area (Å²) in [6.45, 7) is 7.97. The molecule has 6 heteroatoms. The predicted molar refractivity (Wildman–Crippen MR) is 95.4 cm³/mol. The Labute approximate surface area is 148 Å². The Morgan fingerprint density at radius 1 is 1.24 bits per heavy atom. The fourth-order valence-electron chi connectivity index (χ4n) is 3.23. The second-order valence-corrected chi connectivity index (χ2v) is 6.25. The molecule has 3 rings (SSSR count). The van der Waals surface area contributed by atoms with E-state index in [1.807, 2.05) is 30.0 Å². The van der Waals surface area contributed by atoms with Crippen LogP contribution in [0, 0.1) is 0 Å². The largest absolute Gasteiger partial charge is 0.494 e. The van der Waals surface area contributed by atoms with Gasteiger partial charge in [-0.25, -0.2) is 0 Å². The highest BCUT2D eigenvalue weighted by Gasteiger charge is 2.28. The number of rotatable bonds is 5. The molecule has 1 aliphatic rings. The Morgan fingerprint density at radius 3 is 2.80 bits per heavy atom. The zero-order valence-corrected chi connectivity index (χ0v) is 14.8. The third-order valence-corrected chi connectivity index (χ3v) is 4.47. The van der Waals surface area contributed by atoms with Gasteiger partial charge in [-0.3, -0.25) is 9.69 Å². The summed E-state index contributed by atoms with van der Waals surface area (Å²) in [6, 6.07) is 10.0. The van der Waals surface area contributed by atoms with E-state index >= 15 is 0 Å². The van der Waals surface area contributed by atoms with Crippen molar-refractivity contribution in [2.75, 3.05) is 26.2 Å². The standard InChI is InChI=1S/C19H24N4O2/c1-3-25-18-7-5-4-6-17(18)14-22-10-11-23(15(2)13-22)19(24)16-8-9-20-21-12-16/h4-9,12,15H,3,10-11,13-14H2,1-2H3/t15-/m1/s1. The lowest BCUT2D eigenvalue weighted by molar-refractivity contribution is 0.0473. The molecule has 1 aliphatic heterocycles. The molecule has 0 N–H and O–H groups in total. The Hall–Kier alpha value is -2.47. The predicted octanol–water partition coefficient (Wildman–Crippen LogP) is 2.22. The second-order valence-electron chi connectivity index (χ2n) is 6.25. The highest BCUT2D eigenvalue weighted by atomic mass is 16.5. The van der Waals surface area contributed by atoms with Crippen LogP contribution in [0.25, 0.3) is 0 Å². The van der Waals surface area contributed by atoms with Crippen LogP contribution in [0.4, 0.5) is 0 Å². The summed E-state index contributed by atoms with van der Waals surface area (Å²) in [4.78, 5) is 16.9. The first-order valence-corrected chi connectivity index (χ1v) is 8.69. The molecule has 0 radical (unpaired) electrons. The molecule has 25 heavy (non-hydrogen) atoms. The minimum Gasteiger partial charge on any atom is -0.494 e. The van der Waals surface area contributed by atoms with E-state index in [1.54, 1.807) is 12.3 Å².